The highest BCUT2D eigenvalue weighted by Crippen LogP contribution is 2.64. The highest BCUT2D eigenvalue weighted by atomic mass is 32.2. The standard InChI is InChI=1S/C21H30F3N3S/c1-19(2,3)27-16(10-17(25-27)21(22,23)24)18-14-8-13(9-15(14)18)26-6-4-20(5-7-26)11-28-12-20/h10,13-15,18H,4-9,11-12H2,1-3H3. The quantitative estimate of drug-likeness (QED) is 0.682. The molecule has 2 unspecified atom stereocenters. The van der Waals surface area contributed by atoms with Gasteiger partial charge in [0.1, 0.15) is 0 Å². The zero-order valence-corrected chi connectivity index (χ0v) is 17.7. The highest BCUT2D eigenvalue weighted by molar-refractivity contribution is 8.00. The van der Waals surface area contributed by atoms with Crippen LogP contribution < -0.4 is 0 Å². The topological polar surface area (TPSA) is 21.1 Å². The fourth-order valence-electron chi connectivity index (χ4n) is 5.90. The largest absolute Gasteiger partial charge is 0.435 e. The SMILES string of the molecule is CC(C)(C)n1nc(C(F)(F)F)cc1C1C2CC(N3CCC4(CC3)CSC4)CC21. The number of halogens is 3. The molecule has 156 valence electrons. The average molecular weight is 414 g/mol. The molecule has 1 aromatic heterocycles. The van der Waals surface area contributed by atoms with Gasteiger partial charge in [0.25, 0.3) is 0 Å². The molecule has 4 aliphatic rings. The van der Waals surface area contributed by atoms with Gasteiger partial charge in [-0.05, 0) is 94.4 Å². The van der Waals surface area contributed by atoms with Crippen LogP contribution in [0.3, 0.4) is 0 Å². The van der Waals surface area contributed by atoms with Gasteiger partial charge in [-0.3, -0.25) is 4.68 Å². The summed E-state index contributed by atoms with van der Waals surface area (Å²) in [5.41, 5.74) is 0.270. The van der Waals surface area contributed by atoms with Crippen molar-refractivity contribution in [1.29, 1.82) is 0 Å². The van der Waals surface area contributed by atoms with Crippen molar-refractivity contribution in [3.8, 4) is 0 Å². The van der Waals surface area contributed by atoms with Crippen LogP contribution in [0.2, 0.25) is 0 Å². The molecular formula is C21H30F3N3S. The lowest BCUT2D eigenvalue weighted by molar-refractivity contribution is -0.141. The molecule has 3 nitrogen and oxygen atoms in total. The molecule has 0 radical (unpaired) electrons. The molecule has 7 heteroatoms. The van der Waals surface area contributed by atoms with E-state index < -0.39 is 17.4 Å². The van der Waals surface area contributed by atoms with Gasteiger partial charge in [-0.15, -0.1) is 0 Å². The number of alkyl halides is 3. The van der Waals surface area contributed by atoms with Gasteiger partial charge < -0.3 is 4.90 Å². The third-order valence-corrected chi connectivity index (χ3v) is 9.25. The van der Waals surface area contributed by atoms with Crippen LogP contribution >= 0.6 is 11.8 Å². The molecule has 2 atom stereocenters. The Kier molecular flexibility index (Phi) is 4.24. The van der Waals surface area contributed by atoms with Crippen LogP contribution in [0, 0.1) is 17.3 Å². The maximum absolute atomic E-state index is 13.3. The van der Waals surface area contributed by atoms with Gasteiger partial charge >= 0.3 is 6.18 Å². The number of likely N-dealkylation sites (tertiary alicyclic amines) is 1. The Bertz CT molecular complexity index is 740. The first-order valence-corrected chi connectivity index (χ1v) is 11.7. The number of nitrogens with zero attached hydrogens (tertiary/aromatic N) is 3. The number of rotatable bonds is 2. The van der Waals surface area contributed by atoms with Gasteiger partial charge in [-0.25, -0.2) is 0 Å². The molecule has 28 heavy (non-hydrogen) atoms. The number of piperidine rings is 1. The van der Waals surface area contributed by atoms with Crippen molar-refractivity contribution < 1.29 is 13.2 Å². The maximum Gasteiger partial charge on any atom is 0.435 e. The number of thioether (sulfide) groups is 1. The molecule has 0 aromatic carbocycles. The third kappa shape index (κ3) is 3.11. The summed E-state index contributed by atoms with van der Waals surface area (Å²) in [5, 5.41) is 3.96. The van der Waals surface area contributed by atoms with Gasteiger partial charge in [0, 0.05) is 17.7 Å². The van der Waals surface area contributed by atoms with Crippen molar-refractivity contribution >= 4 is 11.8 Å². The fourth-order valence-corrected chi connectivity index (χ4v) is 7.26. The van der Waals surface area contributed by atoms with Crippen molar-refractivity contribution in [2.45, 2.75) is 70.1 Å². The fraction of sp³-hybridized carbons (Fsp3) is 0.857. The zero-order chi connectivity index (χ0) is 19.9. The van der Waals surface area contributed by atoms with Gasteiger partial charge in [-0.1, -0.05) is 0 Å². The first-order chi connectivity index (χ1) is 13.1. The minimum Gasteiger partial charge on any atom is -0.300 e. The normalized spacial score (nSPS) is 35.1. The predicted octanol–water partition coefficient (Wildman–Crippen LogP) is 4.98. The Hall–Kier alpha value is -0.690. The second-order valence-corrected chi connectivity index (χ2v) is 11.5. The minimum atomic E-state index is -4.37. The zero-order valence-electron chi connectivity index (χ0n) is 16.9. The molecular weight excluding hydrogens is 383 g/mol. The van der Waals surface area contributed by atoms with Crippen LogP contribution in [0.15, 0.2) is 6.07 Å². The van der Waals surface area contributed by atoms with Crippen molar-refractivity contribution in [3.63, 3.8) is 0 Å². The van der Waals surface area contributed by atoms with Crippen LogP contribution in [0.4, 0.5) is 13.2 Å². The third-order valence-electron chi connectivity index (χ3n) is 7.62. The Balaban J connectivity index is 1.27. The second kappa shape index (κ2) is 6.16. The van der Waals surface area contributed by atoms with Crippen molar-refractivity contribution in [2.75, 3.05) is 24.6 Å². The molecule has 2 saturated carbocycles. The van der Waals surface area contributed by atoms with E-state index in [-0.39, 0.29) is 5.92 Å². The van der Waals surface area contributed by atoms with Crippen molar-refractivity contribution in [2.24, 2.45) is 17.3 Å². The Morgan fingerprint density at radius 1 is 1.07 bits per heavy atom. The average Bonchev–Trinajstić information content (AvgIpc) is 2.98. The first kappa shape index (κ1) is 19.3. The monoisotopic (exact) mass is 413 g/mol. The van der Waals surface area contributed by atoms with E-state index in [4.69, 9.17) is 0 Å². The van der Waals surface area contributed by atoms with Gasteiger partial charge in [0.2, 0.25) is 0 Å². The van der Waals surface area contributed by atoms with Gasteiger partial charge in [0.15, 0.2) is 5.69 Å². The Labute approximate surface area is 169 Å². The van der Waals surface area contributed by atoms with E-state index >= 15 is 0 Å². The van der Waals surface area contributed by atoms with E-state index in [9.17, 15) is 13.2 Å². The van der Waals surface area contributed by atoms with Crippen molar-refractivity contribution in [1.82, 2.24) is 14.7 Å². The summed E-state index contributed by atoms with van der Waals surface area (Å²) in [6.07, 6.45) is 0.588. The van der Waals surface area contributed by atoms with E-state index in [2.05, 4.69) is 21.8 Å². The summed E-state index contributed by atoms with van der Waals surface area (Å²) in [6.45, 7) is 8.24. The lowest BCUT2D eigenvalue weighted by Gasteiger charge is -2.49. The Morgan fingerprint density at radius 2 is 1.68 bits per heavy atom. The Morgan fingerprint density at radius 3 is 2.14 bits per heavy atom. The van der Waals surface area contributed by atoms with Crippen LogP contribution in [0.1, 0.15) is 63.8 Å². The summed E-state index contributed by atoms with van der Waals surface area (Å²) >= 11 is 2.08. The maximum atomic E-state index is 13.3. The molecule has 1 spiro atoms. The van der Waals surface area contributed by atoms with Crippen LogP contribution in [0.5, 0.6) is 0 Å². The molecule has 2 saturated heterocycles. The molecule has 1 aromatic rings. The lowest BCUT2D eigenvalue weighted by atomic mass is 9.80. The van der Waals surface area contributed by atoms with E-state index in [1.54, 1.807) is 4.68 Å². The van der Waals surface area contributed by atoms with Crippen molar-refractivity contribution in [3.05, 3.63) is 17.5 Å². The summed E-state index contributed by atoms with van der Waals surface area (Å²) in [5.74, 6) is 4.03. The highest BCUT2D eigenvalue weighted by Gasteiger charge is 2.59. The van der Waals surface area contributed by atoms with E-state index in [1.807, 2.05) is 20.8 Å². The molecule has 2 aliphatic heterocycles. The number of hydrogen-bond acceptors (Lipinski definition) is 3. The molecule has 3 heterocycles. The van der Waals surface area contributed by atoms with Gasteiger partial charge in [-0.2, -0.15) is 30.0 Å². The summed E-state index contributed by atoms with van der Waals surface area (Å²) in [4.78, 5) is 2.68. The van der Waals surface area contributed by atoms with E-state index in [1.165, 1.54) is 43.5 Å². The molecule has 0 N–H and O–H groups in total. The lowest BCUT2D eigenvalue weighted by Crippen LogP contribution is -2.49. The summed E-state index contributed by atoms with van der Waals surface area (Å²) in [7, 11) is 0. The summed E-state index contributed by atoms with van der Waals surface area (Å²) in [6, 6.07) is 1.96. The summed E-state index contributed by atoms with van der Waals surface area (Å²) < 4.78 is 41.4. The molecule has 0 bridgehead atoms. The predicted molar refractivity (Wildman–Crippen MR) is 106 cm³/mol. The smallest absolute Gasteiger partial charge is 0.300 e. The van der Waals surface area contributed by atoms with Crippen LogP contribution in [-0.4, -0.2) is 45.3 Å². The molecule has 2 aliphatic carbocycles. The van der Waals surface area contributed by atoms with Crippen LogP contribution in [-0.2, 0) is 11.7 Å². The minimum absolute atomic E-state index is 0.262. The first-order valence-electron chi connectivity index (χ1n) is 10.6. The molecule has 0 amide bonds. The number of hydrogen-bond donors (Lipinski definition) is 0. The van der Waals surface area contributed by atoms with E-state index in [0.29, 0.717) is 23.3 Å². The molecule has 4 fully saturated rings. The number of fused-ring (bicyclic) bond motifs is 1. The van der Waals surface area contributed by atoms with E-state index in [0.717, 1.165) is 18.5 Å². The van der Waals surface area contributed by atoms with Crippen LogP contribution in [0.25, 0.3) is 0 Å². The second-order valence-electron chi connectivity index (χ2n) is 10.5. The van der Waals surface area contributed by atoms with Gasteiger partial charge in [0.05, 0.1) is 5.54 Å². The number of aromatic nitrogens is 2. The molecule has 5 rings (SSSR count).